The van der Waals surface area contributed by atoms with Crippen molar-refractivity contribution in [3.05, 3.63) is 59.4 Å². The molecule has 2 saturated heterocycles. The smallest absolute Gasteiger partial charge is 0.418 e. The van der Waals surface area contributed by atoms with E-state index in [1.54, 1.807) is 0 Å². The quantitative estimate of drug-likeness (QED) is 0.360. The van der Waals surface area contributed by atoms with E-state index in [1.807, 2.05) is 30.0 Å². The SMILES string of the molecule is CCCC1C(C(=O)N2CCC(c3ccccc3OCC(C)(C)C)CC2)CCCN1C(=O)c1ncccc1C(F)(F)F. The van der Waals surface area contributed by atoms with Gasteiger partial charge in [-0.2, -0.15) is 13.2 Å². The normalized spacial score (nSPS) is 20.7. The first kappa shape index (κ1) is 30.8. The van der Waals surface area contributed by atoms with Gasteiger partial charge >= 0.3 is 6.18 Å². The van der Waals surface area contributed by atoms with E-state index < -0.39 is 35.3 Å². The lowest BCUT2D eigenvalue weighted by Gasteiger charge is -2.43. The predicted octanol–water partition coefficient (Wildman–Crippen LogP) is 6.95. The Morgan fingerprint density at radius 3 is 2.37 bits per heavy atom. The summed E-state index contributed by atoms with van der Waals surface area (Å²) >= 11 is 0. The molecule has 2 atom stereocenters. The molecule has 0 aliphatic carbocycles. The van der Waals surface area contributed by atoms with Crippen molar-refractivity contribution in [2.24, 2.45) is 11.3 Å². The summed E-state index contributed by atoms with van der Waals surface area (Å²) < 4.78 is 47.2. The fraction of sp³-hybridized carbons (Fsp3) is 0.594. The molecule has 0 bridgehead atoms. The Morgan fingerprint density at radius 1 is 1.00 bits per heavy atom. The highest BCUT2D eigenvalue weighted by molar-refractivity contribution is 5.95. The van der Waals surface area contributed by atoms with Crippen molar-refractivity contribution in [2.75, 3.05) is 26.2 Å². The number of piperidine rings is 2. The molecule has 0 saturated carbocycles. The van der Waals surface area contributed by atoms with Gasteiger partial charge in [0.15, 0.2) is 0 Å². The van der Waals surface area contributed by atoms with Crippen molar-refractivity contribution in [1.29, 1.82) is 0 Å². The van der Waals surface area contributed by atoms with Crippen LogP contribution in [0.1, 0.15) is 93.8 Å². The molecule has 4 rings (SSSR count). The number of alkyl halides is 3. The van der Waals surface area contributed by atoms with Crippen LogP contribution in [0.5, 0.6) is 5.75 Å². The topological polar surface area (TPSA) is 62.7 Å². The van der Waals surface area contributed by atoms with Crippen molar-refractivity contribution in [3.63, 3.8) is 0 Å². The lowest BCUT2D eigenvalue weighted by molar-refractivity contribution is -0.141. The van der Waals surface area contributed by atoms with Crippen LogP contribution < -0.4 is 4.74 Å². The number of carbonyl (C=O) groups excluding carboxylic acids is 2. The second-order valence-corrected chi connectivity index (χ2v) is 12.5. The number of ether oxygens (including phenoxy) is 1. The van der Waals surface area contributed by atoms with E-state index in [2.05, 4.69) is 31.8 Å². The van der Waals surface area contributed by atoms with Gasteiger partial charge in [-0.25, -0.2) is 0 Å². The van der Waals surface area contributed by atoms with Gasteiger partial charge in [0.05, 0.1) is 18.1 Å². The number of aromatic nitrogens is 1. The number of halogens is 3. The average molecular weight is 574 g/mol. The van der Waals surface area contributed by atoms with E-state index in [0.717, 1.165) is 30.2 Å². The van der Waals surface area contributed by atoms with Gasteiger partial charge < -0.3 is 14.5 Å². The lowest BCUT2D eigenvalue weighted by atomic mass is 9.83. The summed E-state index contributed by atoms with van der Waals surface area (Å²) in [6.45, 7) is 10.5. The number of nitrogens with zero attached hydrogens (tertiary/aromatic N) is 3. The summed E-state index contributed by atoms with van der Waals surface area (Å²) in [5, 5.41) is 0. The number of para-hydroxylation sites is 1. The Bertz CT molecular complexity index is 1200. The van der Waals surface area contributed by atoms with Crippen LogP contribution in [0.2, 0.25) is 0 Å². The maximum absolute atomic E-state index is 13.9. The molecule has 41 heavy (non-hydrogen) atoms. The molecule has 1 aromatic carbocycles. The van der Waals surface area contributed by atoms with Crippen molar-refractivity contribution < 1.29 is 27.5 Å². The van der Waals surface area contributed by atoms with E-state index in [0.29, 0.717) is 51.9 Å². The van der Waals surface area contributed by atoms with Gasteiger partial charge in [-0.05, 0) is 67.2 Å². The molecule has 6 nitrogen and oxygen atoms in total. The molecule has 0 spiro atoms. The Kier molecular flexibility index (Phi) is 9.65. The number of pyridine rings is 1. The van der Waals surface area contributed by atoms with Crippen molar-refractivity contribution in [2.45, 2.75) is 84.4 Å². The highest BCUT2D eigenvalue weighted by Gasteiger charge is 2.43. The number of rotatable bonds is 7. The van der Waals surface area contributed by atoms with Crippen LogP contribution in [-0.4, -0.2) is 58.9 Å². The maximum Gasteiger partial charge on any atom is 0.418 e. The average Bonchev–Trinajstić information content (AvgIpc) is 2.95. The van der Waals surface area contributed by atoms with E-state index in [-0.39, 0.29) is 17.2 Å². The van der Waals surface area contributed by atoms with Gasteiger partial charge in [-0.1, -0.05) is 52.3 Å². The summed E-state index contributed by atoms with van der Waals surface area (Å²) in [7, 11) is 0. The maximum atomic E-state index is 13.9. The molecule has 2 aromatic rings. The zero-order chi connectivity index (χ0) is 29.8. The standard InChI is InChI=1S/C32H42F3N3O3/c1-5-10-26-24(12-9-18-38(26)30(40)28-25(32(33,34)35)13-8-17-36-28)29(39)37-19-15-22(16-20-37)23-11-6-7-14-27(23)41-21-31(2,3)4/h6-8,11,13-14,17,22,24,26H,5,9-10,12,15-16,18-21H2,1-4H3. The minimum atomic E-state index is -4.69. The molecular weight excluding hydrogens is 531 g/mol. The molecule has 9 heteroatoms. The van der Waals surface area contributed by atoms with Crippen molar-refractivity contribution >= 4 is 11.8 Å². The molecule has 3 heterocycles. The zero-order valence-corrected chi connectivity index (χ0v) is 24.5. The summed E-state index contributed by atoms with van der Waals surface area (Å²) in [4.78, 5) is 34.5. The number of amides is 2. The predicted molar refractivity (Wildman–Crippen MR) is 152 cm³/mol. The highest BCUT2D eigenvalue weighted by atomic mass is 19.4. The Labute approximate surface area is 241 Å². The van der Waals surface area contributed by atoms with Gasteiger partial charge in [-0.3, -0.25) is 14.6 Å². The zero-order valence-electron chi connectivity index (χ0n) is 24.5. The third-order valence-electron chi connectivity index (χ3n) is 8.08. The number of carbonyl (C=O) groups is 2. The molecule has 2 unspecified atom stereocenters. The van der Waals surface area contributed by atoms with Gasteiger partial charge in [-0.15, -0.1) is 0 Å². The minimum Gasteiger partial charge on any atom is -0.493 e. The fourth-order valence-electron chi connectivity index (χ4n) is 6.08. The Balaban J connectivity index is 1.47. The van der Waals surface area contributed by atoms with Crippen LogP contribution in [-0.2, 0) is 11.0 Å². The van der Waals surface area contributed by atoms with E-state index >= 15 is 0 Å². The van der Waals surface area contributed by atoms with Gasteiger partial charge in [0, 0.05) is 31.9 Å². The monoisotopic (exact) mass is 573 g/mol. The molecule has 2 fully saturated rings. The second-order valence-electron chi connectivity index (χ2n) is 12.5. The Hall–Kier alpha value is -3.10. The van der Waals surface area contributed by atoms with Gasteiger partial charge in [0.2, 0.25) is 5.91 Å². The minimum absolute atomic E-state index is 0.00580. The van der Waals surface area contributed by atoms with E-state index in [9.17, 15) is 22.8 Å². The molecule has 1 aromatic heterocycles. The third-order valence-corrected chi connectivity index (χ3v) is 8.08. The van der Waals surface area contributed by atoms with Crippen LogP contribution in [0.3, 0.4) is 0 Å². The molecule has 224 valence electrons. The summed E-state index contributed by atoms with van der Waals surface area (Å²) in [5.74, 6) is -0.0294. The van der Waals surface area contributed by atoms with Crippen molar-refractivity contribution in [3.8, 4) is 5.75 Å². The number of hydrogen-bond donors (Lipinski definition) is 0. The first-order valence-corrected chi connectivity index (χ1v) is 14.7. The molecule has 2 aliphatic rings. The second kappa shape index (κ2) is 12.8. The molecular formula is C32H42F3N3O3. The fourth-order valence-corrected chi connectivity index (χ4v) is 6.08. The van der Waals surface area contributed by atoms with Crippen LogP contribution >= 0.6 is 0 Å². The number of benzene rings is 1. The largest absolute Gasteiger partial charge is 0.493 e. The summed E-state index contributed by atoms with van der Waals surface area (Å²) in [5.41, 5.74) is -0.430. The first-order chi connectivity index (χ1) is 19.4. The highest BCUT2D eigenvalue weighted by Crippen LogP contribution is 2.38. The Morgan fingerprint density at radius 2 is 1.71 bits per heavy atom. The van der Waals surface area contributed by atoms with Crippen LogP contribution in [0.15, 0.2) is 42.6 Å². The van der Waals surface area contributed by atoms with E-state index in [1.165, 1.54) is 17.2 Å². The molecule has 2 aliphatic heterocycles. The number of hydrogen-bond acceptors (Lipinski definition) is 4. The van der Waals surface area contributed by atoms with Crippen molar-refractivity contribution in [1.82, 2.24) is 14.8 Å². The molecule has 0 N–H and O–H groups in total. The summed E-state index contributed by atoms with van der Waals surface area (Å²) in [6.07, 6.45) is 0.560. The van der Waals surface area contributed by atoms with Gasteiger partial charge in [0.1, 0.15) is 11.4 Å². The van der Waals surface area contributed by atoms with Crippen LogP contribution in [0, 0.1) is 11.3 Å². The van der Waals surface area contributed by atoms with E-state index in [4.69, 9.17) is 4.74 Å². The molecule has 2 amide bonds. The van der Waals surface area contributed by atoms with Gasteiger partial charge in [0.25, 0.3) is 5.91 Å². The molecule has 0 radical (unpaired) electrons. The first-order valence-electron chi connectivity index (χ1n) is 14.7. The van der Waals surface area contributed by atoms with Crippen LogP contribution in [0.25, 0.3) is 0 Å². The lowest BCUT2D eigenvalue weighted by Crippen LogP contribution is -2.54. The number of likely N-dealkylation sites (tertiary alicyclic amines) is 2. The summed E-state index contributed by atoms with van der Waals surface area (Å²) in [6, 6.07) is 9.73. The third kappa shape index (κ3) is 7.41. The van der Waals surface area contributed by atoms with Crippen LogP contribution in [0.4, 0.5) is 13.2 Å².